The van der Waals surface area contributed by atoms with Crippen molar-refractivity contribution in [1.29, 1.82) is 0 Å². The first kappa shape index (κ1) is 12.4. The largest absolute Gasteiger partial charge is 0.508 e. The molecule has 0 saturated carbocycles. The average Bonchev–Trinajstić information content (AvgIpc) is 2.25. The number of aliphatic hydroxyl groups is 2. The van der Waals surface area contributed by atoms with E-state index in [4.69, 9.17) is 10.2 Å². The summed E-state index contributed by atoms with van der Waals surface area (Å²) in [5, 5.41) is 27.5. The minimum atomic E-state index is -1.05. The molecule has 1 rings (SSSR count). The molecule has 0 heterocycles. The highest BCUT2D eigenvalue weighted by atomic mass is 16.3. The van der Waals surface area contributed by atoms with Gasteiger partial charge < -0.3 is 15.3 Å². The van der Waals surface area contributed by atoms with Gasteiger partial charge in [-0.25, -0.2) is 0 Å². The molecule has 0 aromatic heterocycles. The van der Waals surface area contributed by atoms with E-state index in [-0.39, 0.29) is 12.4 Å². The predicted molar refractivity (Wildman–Crippen MR) is 59.8 cm³/mol. The van der Waals surface area contributed by atoms with E-state index in [2.05, 4.69) is 0 Å². The lowest BCUT2D eigenvalue weighted by Gasteiger charge is -2.05. The summed E-state index contributed by atoms with van der Waals surface area (Å²) in [4.78, 5) is 11.1. The van der Waals surface area contributed by atoms with Gasteiger partial charge in [0.15, 0.2) is 5.78 Å². The fourth-order valence-electron chi connectivity index (χ4n) is 1.23. The van der Waals surface area contributed by atoms with Gasteiger partial charge >= 0.3 is 0 Å². The topological polar surface area (TPSA) is 77.8 Å². The van der Waals surface area contributed by atoms with Gasteiger partial charge in [0.25, 0.3) is 0 Å². The molecule has 0 fully saturated rings. The third kappa shape index (κ3) is 2.92. The molecule has 0 aliphatic heterocycles. The summed E-state index contributed by atoms with van der Waals surface area (Å²) in [6.45, 7) is 1.07. The molecule has 86 valence electrons. The lowest BCUT2D eigenvalue weighted by Crippen LogP contribution is -2.12. The molecule has 16 heavy (non-hydrogen) atoms. The highest BCUT2D eigenvalue weighted by Crippen LogP contribution is 2.21. The SMILES string of the molecule is C[C@H](O)C(=O)/C=C\c1cccc(O)c1CO. The van der Waals surface area contributed by atoms with Gasteiger partial charge in [-0.3, -0.25) is 4.79 Å². The zero-order chi connectivity index (χ0) is 12.1. The Bertz CT molecular complexity index is 407. The van der Waals surface area contributed by atoms with Crippen molar-refractivity contribution in [1.82, 2.24) is 0 Å². The minimum absolute atomic E-state index is 0.0193. The molecule has 0 aliphatic rings. The third-order valence-electron chi connectivity index (χ3n) is 2.18. The van der Waals surface area contributed by atoms with Crippen LogP contribution in [0.5, 0.6) is 5.75 Å². The van der Waals surface area contributed by atoms with E-state index in [9.17, 15) is 9.90 Å². The van der Waals surface area contributed by atoms with E-state index in [1.54, 1.807) is 12.1 Å². The van der Waals surface area contributed by atoms with Crippen molar-refractivity contribution in [2.75, 3.05) is 0 Å². The molecular weight excluding hydrogens is 208 g/mol. The molecule has 0 amide bonds. The summed E-state index contributed by atoms with van der Waals surface area (Å²) in [6, 6.07) is 4.73. The van der Waals surface area contributed by atoms with Gasteiger partial charge in [-0.15, -0.1) is 0 Å². The van der Waals surface area contributed by atoms with E-state index >= 15 is 0 Å². The van der Waals surface area contributed by atoms with Crippen LogP contribution in [-0.2, 0) is 11.4 Å². The molecule has 0 unspecified atom stereocenters. The average molecular weight is 222 g/mol. The Balaban J connectivity index is 2.97. The van der Waals surface area contributed by atoms with Crippen LogP contribution in [0.15, 0.2) is 24.3 Å². The lowest BCUT2D eigenvalue weighted by molar-refractivity contribution is -0.121. The molecule has 0 saturated heterocycles. The number of carbonyl (C=O) groups is 1. The Morgan fingerprint density at radius 2 is 2.19 bits per heavy atom. The van der Waals surface area contributed by atoms with Crippen LogP contribution in [0, 0.1) is 0 Å². The second-order valence-electron chi connectivity index (χ2n) is 3.41. The van der Waals surface area contributed by atoms with Gasteiger partial charge in [0, 0.05) is 5.56 Å². The van der Waals surface area contributed by atoms with E-state index in [0.29, 0.717) is 11.1 Å². The van der Waals surface area contributed by atoms with Crippen molar-refractivity contribution in [2.24, 2.45) is 0 Å². The van der Waals surface area contributed by atoms with Gasteiger partial charge in [0.05, 0.1) is 6.61 Å². The first-order valence-corrected chi connectivity index (χ1v) is 4.88. The minimum Gasteiger partial charge on any atom is -0.508 e. The van der Waals surface area contributed by atoms with E-state index in [0.717, 1.165) is 0 Å². The number of phenols is 1. The van der Waals surface area contributed by atoms with Crippen LogP contribution in [0.2, 0.25) is 0 Å². The second kappa shape index (κ2) is 5.44. The van der Waals surface area contributed by atoms with Crippen LogP contribution in [0.3, 0.4) is 0 Å². The van der Waals surface area contributed by atoms with Crippen LogP contribution in [-0.4, -0.2) is 27.2 Å². The molecule has 4 nitrogen and oxygen atoms in total. The summed E-state index contributed by atoms with van der Waals surface area (Å²) < 4.78 is 0. The molecule has 0 bridgehead atoms. The van der Waals surface area contributed by atoms with Gasteiger partial charge in [0.1, 0.15) is 11.9 Å². The fourth-order valence-corrected chi connectivity index (χ4v) is 1.23. The van der Waals surface area contributed by atoms with Crippen LogP contribution in [0.1, 0.15) is 18.1 Å². The Morgan fingerprint density at radius 3 is 2.75 bits per heavy atom. The fraction of sp³-hybridized carbons (Fsp3) is 0.250. The van der Waals surface area contributed by atoms with Crippen molar-refractivity contribution < 1.29 is 20.1 Å². The van der Waals surface area contributed by atoms with Crippen LogP contribution < -0.4 is 0 Å². The number of benzene rings is 1. The number of ketones is 1. The summed E-state index contributed by atoms with van der Waals surface area (Å²) in [7, 11) is 0. The van der Waals surface area contributed by atoms with Gasteiger partial charge in [-0.2, -0.15) is 0 Å². The third-order valence-corrected chi connectivity index (χ3v) is 2.18. The maximum Gasteiger partial charge on any atom is 0.183 e. The first-order chi connectivity index (χ1) is 7.56. The monoisotopic (exact) mass is 222 g/mol. The molecule has 1 aromatic rings. The number of hydrogen-bond donors (Lipinski definition) is 3. The van der Waals surface area contributed by atoms with Crippen LogP contribution in [0.25, 0.3) is 6.08 Å². The second-order valence-corrected chi connectivity index (χ2v) is 3.41. The number of carbonyl (C=O) groups excluding carboxylic acids is 1. The van der Waals surface area contributed by atoms with Crippen molar-refractivity contribution in [3.63, 3.8) is 0 Å². The predicted octanol–water partition coefficient (Wildman–Crippen LogP) is 0.848. The first-order valence-electron chi connectivity index (χ1n) is 4.88. The Labute approximate surface area is 93.5 Å². The number of aliphatic hydroxyl groups excluding tert-OH is 2. The van der Waals surface area contributed by atoms with Crippen molar-refractivity contribution in [2.45, 2.75) is 19.6 Å². The quantitative estimate of drug-likeness (QED) is 0.660. The summed E-state index contributed by atoms with van der Waals surface area (Å²) in [5.41, 5.74) is 0.911. The summed E-state index contributed by atoms with van der Waals surface area (Å²) >= 11 is 0. The lowest BCUT2D eigenvalue weighted by atomic mass is 10.1. The van der Waals surface area contributed by atoms with E-state index in [1.807, 2.05) is 0 Å². The van der Waals surface area contributed by atoms with E-state index < -0.39 is 11.9 Å². The molecule has 3 N–H and O–H groups in total. The maximum atomic E-state index is 11.1. The normalized spacial score (nSPS) is 12.9. The molecular formula is C12H14O4. The zero-order valence-corrected chi connectivity index (χ0v) is 8.92. The van der Waals surface area contributed by atoms with Crippen molar-refractivity contribution in [3.8, 4) is 5.75 Å². The molecule has 0 aliphatic carbocycles. The van der Waals surface area contributed by atoms with Gasteiger partial charge in [-0.1, -0.05) is 18.2 Å². The van der Waals surface area contributed by atoms with Crippen LogP contribution >= 0.6 is 0 Å². The molecule has 1 atom stereocenters. The molecule has 0 spiro atoms. The summed E-state index contributed by atoms with van der Waals surface area (Å²) in [5.74, 6) is -0.443. The highest BCUT2D eigenvalue weighted by molar-refractivity contribution is 5.96. The van der Waals surface area contributed by atoms with Gasteiger partial charge in [-0.05, 0) is 24.6 Å². The molecule has 1 aromatic carbocycles. The Kier molecular flexibility index (Phi) is 4.22. The Hall–Kier alpha value is -1.65. The smallest absolute Gasteiger partial charge is 0.183 e. The number of aromatic hydroxyl groups is 1. The van der Waals surface area contributed by atoms with E-state index in [1.165, 1.54) is 25.1 Å². The number of rotatable bonds is 4. The zero-order valence-electron chi connectivity index (χ0n) is 8.92. The maximum absolute atomic E-state index is 11.1. The van der Waals surface area contributed by atoms with Crippen molar-refractivity contribution in [3.05, 3.63) is 35.4 Å². The number of hydrogen-bond acceptors (Lipinski definition) is 4. The van der Waals surface area contributed by atoms with Crippen molar-refractivity contribution >= 4 is 11.9 Å². The standard InChI is InChI=1S/C12H14O4/c1-8(14)11(15)6-5-9-3-2-4-12(16)10(9)7-13/h2-6,8,13-14,16H,7H2,1H3/b6-5-/t8-/m0/s1. The highest BCUT2D eigenvalue weighted by Gasteiger charge is 2.06. The van der Waals surface area contributed by atoms with Gasteiger partial charge in [0.2, 0.25) is 0 Å². The molecule has 0 radical (unpaired) electrons. The van der Waals surface area contributed by atoms with Crippen LogP contribution in [0.4, 0.5) is 0 Å². The summed E-state index contributed by atoms with van der Waals surface area (Å²) in [6.07, 6.45) is 1.63. The Morgan fingerprint density at radius 1 is 1.50 bits per heavy atom. The molecule has 4 heteroatoms.